The molecule has 0 aliphatic carbocycles. The third-order valence-corrected chi connectivity index (χ3v) is 3.58. The average Bonchev–Trinajstić information content (AvgIpc) is 2.95. The van der Waals surface area contributed by atoms with E-state index in [2.05, 4.69) is 4.98 Å². The van der Waals surface area contributed by atoms with Crippen molar-refractivity contribution < 1.29 is 24.8 Å². The van der Waals surface area contributed by atoms with Crippen LogP contribution < -0.4 is 4.74 Å². The molecule has 2 aromatic rings. The molecular weight excluding hydrogens is 286 g/mol. The van der Waals surface area contributed by atoms with Crippen molar-refractivity contribution in [3.05, 3.63) is 29.4 Å². The van der Waals surface area contributed by atoms with E-state index in [4.69, 9.17) is 26.2 Å². The van der Waals surface area contributed by atoms with Crippen molar-refractivity contribution >= 4 is 22.5 Å². The largest absolute Gasteiger partial charge is 0.460 e. The Balaban J connectivity index is 1.83. The summed E-state index contributed by atoms with van der Waals surface area (Å²) in [7, 11) is 0. The zero-order valence-electron chi connectivity index (χ0n) is 10.4. The molecule has 1 aromatic carbocycles. The van der Waals surface area contributed by atoms with Crippen LogP contribution in [0.2, 0.25) is 5.02 Å². The summed E-state index contributed by atoms with van der Waals surface area (Å²) in [5.41, 5.74) is 0.791. The summed E-state index contributed by atoms with van der Waals surface area (Å²) in [6, 6.07) is 5.26. The van der Waals surface area contributed by atoms with E-state index in [0.717, 1.165) is 10.9 Å². The number of nitrogens with one attached hydrogen (secondary N) is 1. The van der Waals surface area contributed by atoms with Crippen molar-refractivity contribution in [3.8, 4) is 5.75 Å². The molecule has 3 rings (SSSR count). The number of ether oxygens (including phenoxy) is 2. The van der Waals surface area contributed by atoms with Gasteiger partial charge in [0.1, 0.15) is 24.1 Å². The molecule has 1 saturated heterocycles. The number of aromatic nitrogens is 1. The lowest BCUT2D eigenvalue weighted by Crippen LogP contribution is -2.35. The Labute approximate surface area is 119 Å². The van der Waals surface area contributed by atoms with Crippen LogP contribution in [-0.2, 0) is 4.74 Å². The summed E-state index contributed by atoms with van der Waals surface area (Å²) < 4.78 is 10.8. The van der Waals surface area contributed by atoms with E-state index in [9.17, 15) is 10.2 Å². The molecule has 1 aliphatic heterocycles. The minimum atomic E-state index is -1.22. The van der Waals surface area contributed by atoms with E-state index in [1.165, 1.54) is 0 Å². The van der Waals surface area contributed by atoms with Gasteiger partial charge in [-0.25, -0.2) is 0 Å². The van der Waals surface area contributed by atoms with E-state index in [1.54, 1.807) is 24.4 Å². The highest BCUT2D eigenvalue weighted by Gasteiger charge is 2.44. The number of H-pyrrole nitrogens is 1. The Morgan fingerprint density at radius 3 is 2.80 bits per heavy atom. The standard InChI is InChI=1S/C13H14ClNO5/c14-6-1-2-7-8(3-6)15-4-9(7)19-13-12(18)11(17)10(5-16)20-13/h1-4,10-13,15-18H,5H2/t10-,11-,12-,13?/m1/s1. The maximum atomic E-state index is 9.83. The molecule has 1 aliphatic rings. The molecule has 2 heterocycles. The van der Waals surface area contributed by atoms with Crippen molar-refractivity contribution in [1.29, 1.82) is 0 Å². The SMILES string of the molecule is OC[C@H]1OC(Oc2c[nH]c3cc(Cl)ccc23)[C@H](O)[C@@H]1O. The van der Waals surface area contributed by atoms with Gasteiger partial charge in [-0.1, -0.05) is 11.6 Å². The van der Waals surface area contributed by atoms with Crippen LogP contribution in [0.1, 0.15) is 0 Å². The van der Waals surface area contributed by atoms with E-state index in [-0.39, 0.29) is 6.61 Å². The van der Waals surface area contributed by atoms with Crippen LogP contribution >= 0.6 is 11.6 Å². The molecule has 0 radical (unpaired) electrons. The van der Waals surface area contributed by atoms with Gasteiger partial charge in [0.25, 0.3) is 0 Å². The van der Waals surface area contributed by atoms with Gasteiger partial charge < -0.3 is 29.8 Å². The number of hydrogen-bond donors (Lipinski definition) is 4. The van der Waals surface area contributed by atoms with Crippen molar-refractivity contribution in [2.24, 2.45) is 0 Å². The fourth-order valence-corrected chi connectivity index (χ4v) is 2.43. The van der Waals surface area contributed by atoms with E-state index < -0.39 is 24.6 Å². The first-order valence-electron chi connectivity index (χ1n) is 6.16. The van der Waals surface area contributed by atoms with E-state index in [0.29, 0.717) is 10.8 Å². The highest BCUT2D eigenvalue weighted by molar-refractivity contribution is 6.31. The second-order valence-corrected chi connectivity index (χ2v) is 5.10. The van der Waals surface area contributed by atoms with Crippen LogP contribution in [0.5, 0.6) is 5.75 Å². The topological polar surface area (TPSA) is 94.9 Å². The molecule has 6 nitrogen and oxygen atoms in total. The van der Waals surface area contributed by atoms with Gasteiger partial charge in [0.05, 0.1) is 12.1 Å². The van der Waals surface area contributed by atoms with Crippen LogP contribution in [0.4, 0.5) is 0 Å². The van der Waals surface area contributed by atoms with Gasteiger partial charge in [0, 0.05) is 16.6 Å². The normalized spacial score (nSPS) is 30.0. The number of benzene rings is 1. The van der Waals surface area contributed by atoms with Crippen LogP contribution in [0.25, 0.3) is 10.9 Å². The van der Waals surface area contributed by atoms with E-state index >= 15 is 0 Å². The Hall–Kier alpha value is -1.31. The fraction of sp³-hybridized carbons (Fsp3) is 0.385. The van der Waals surface area contributed by atoms with Crippen molar-refractivity contribution in [2.75, 3.05) is 6.61 Å². The first-order valence-corrected chi connectivity index (χ1v) is 6.53. The van der Waals surface area contributed by atoms with Gasteiger partial charge in [0.2, 0.25) is 6.29 Å². The van der Waals surface area contributed by atoms with Gasteiger partial charge in [-0.3, -0.25) is 0 Å². The Kier molecular flexibility index (Phi) is 3.57. The summed E-state index contributed by atoms with van der Waals surface area (Å²) >= 11 is 5.89. The molecule has 4 N–H and O–H groups in total. The number of fused-ring (bicyclic) bond motifs is 1. The monoisotopic (exact) mass is 299 g/mol. The number of rotatable bonds is 3. The summed E-state index contributed by atoms with van der Waals surface area (Å²) in [5.74, 6) is 0.478. The second kappa shape index (κ2) is 5.23. The third-order valence-electron chi connectivity index (χ3n) is 3.35. The summed E-state index contributed by atoms with van der Waals surface area (Å²) in [6.07, 6.45) is -2.66. The predicted octanol–water partition coefficient (Wildman–Crippen LogP) is 0.639. The van der Waals surface area contributed by atoms with Crippen LogP contribution in [0.15, 0.2) is 24.4 Å². The average molecular weight is 300 g/mol. The van der Waals surface area contributed by atoms with Gasteiger partial charge in [-0.2, -0.15) is 0 Å². The number of aromatic amines is 1. The Morgan fingerprint density at radius 1 is 1.30 bits per heavy atom. The van der Waals surface area contributed by atoms with Gasteiger partial charge >= 0.3 is 0 Å². The lowest BCUT2D eigenvalue weighted by atomic mass is 10.1. The molecule has 0 spiro atoms. The molecule has 7 heteroatoms. The molecule has 0 saturated carbocycles. The molecule has 1 unspecified atom stereocenters. The fourth-order valence-electron chi connectivity index (χ4n) is 2.26. The Morgan fingerprint density at radius 2 is 2.10 bits per heavy atom. The van der Waals surface area contributed by atoms with Gasteiger partial charge in [-0.15, -0.1) is 0 Å². The maximum absolute atomic E-state index is 9.83. The number of aliphatic hydroxyl groups is 3. The zero-order chi connectivity index (χ0) is 14.3. The lowest BCUT2D eigenvalue weighted by molar-refractivity contribution is -0.115. The highest BCUT2D eigenvalue weighted by Crippen LogP contribution is 2.31. The van der Waals surface area contributed by atoms with Crippen LogP contribution in [0, 0.1) is 0 Å². The van der Waals surface area contributed by atoms with Crippen molar-refractivity contribution in [3.63, 3.8) is 0 Å². The summed E-state index contributed by atoms with van der Waals surface area (Å²) in [5, 5.41) is 29.9. The zero-order valence-corrected chi connectivity index (χ0v) is 11.1. The summed E-state index contributed by atoms with van der Waals surface area (Å²) in [6.45, 7) is -0.387. The van der Waals surface area contributed by atoms with Crippen LogP contribution in [0.3, 0.4) is 0 Å². The minimum Gasteiger partial charge on any atom is -0.460 e. The molecule has 0 amide bonds. The van der Waals surface area contributed by atoms with Crippen molar-refractivity contribution in [2.45, 2.75) is 24.6 Å². The minimum absolute atomic E-state index is 0.387. The lowest BCUT2D eigenvalue weighted by Gasteiger charge is -2.16. The molecular formula is C13H14ClNO5. The number of aliphatic hydroxyl groups excluding tert-OH is 3. The molecule has 1 fully saturated rings. The number of hydrogen-bond acceptors (Lipinski definition) is 5. The van der Waals surface area contributed by atoms with Gasteiger partial charge in [0.15, 0.2) is 0 Å². The third kappa shape index (κ3) is 2.25. The quantitative estimate of drug-likeness (QED) is 0.667. The molecule has 1 aromatic heterocycles. The Bertz CT molecular complexity index is 616. The van der Waals surface area contributed by atoms with Gasteiger partial charge in [-0.05, 0) is 18.2 Å². The molecule has 0 bridgehead atoms. The highest BCUT2D eigenvalue weighted by atomic mass is 35.5. The smallest absolute Gasteiger partial charge is 0.229 e. The van der Waals surface area contributed by atoms with Crippen molar-refractivity contribution in [1.82, 2.24) is 4.98 Å². The second-order valence-electron chi connectivity index (χ2n) is 4.67. The van der Waals surface area contributed by atoms with E-state index in [1.807, 2.05) is 0 Å². The molecule has 20 heavy (non-hydrogen) atoms. The maximum Gasteiger partial charge on any atom is 0.229 e. The number of halogens is 1. The first kappa shape index (κ1) is 13.7. The summed E-state index contributed by atoms with van der Waals surface area (Å²) in [4.78, 5) is 3.00. The first-order chi connectivity index (χ1) is 9.60. The predicted molar refractivity (Wildman–Crippen MR) is 71.7 cm³/mol. The molecule has 4 atom stereocenters. The molecule has 108 valence electrons. The van der Waals surface area contributed by atoms with Crippen LogP contribution in [-0.4, -0.2) is 51.5 Å².